The fourth-order valence-electron chi connectivity index (χ4n) is 1.66. The Labute approximate surface area is 132 Å². The summed E-state index contributed by atoms with van der Waals surface area (Å²) >= 11 is -0.347. The maximum absolute atomic E-state index is 5.11. The van der Waals surface area contributed by atoms with Crippen molar-refractivity contribution >= 4 is 24.2 Å². The van der Waals surface area contributed by atoms with Crippen molar-refractivity contribution in [2.75, 3.05) is 0 Å². The normalized spacial score (nSPS) is 8.29. The predicted molar refractivity (Wildman–Crippen MR) is 89.3 cm³/mol. The molecule has 0 unspecified atom stereocenters. The molecule has 2 rings (SSSR count). The van der Waals surface area contributed by atoms with E-state index in [1.165, 1.54) is 8.79 Å². The number of hydrogen-bond donors (Lipinski definition) is 0. The zero-order chi connectivity index (χ0) is 14.9. The summed E-state index contributed by atoms with van der Waals surface area (Å²) in [5, 5.41) is 0. The van der Waals surface area contributed by atoms with Gasteiger partial charge in [0.25, 0.3) is 0 Å². The molecule has 0 saturated carbocycles. The molecule has 0 aromatic heterocycles. The third-order valence-corrected chi connectivity index (χ3v) is 5.23. The van der Waals surface area contributed by atoms with E-state index in [1.54, 1.807) is 0 Å². The second-order valence-electron chi connectivity index (χ2n) is 4.07. The van der Waals surface area contributed by atoms with Crippen LogP contribution < -0.4 is 8.79 Å². The molecule has 2 aromatic carbocycles. The number of hydrogen-bond acceptors (Lipinski definition) is 0. The van der Waals surface area contributed by atoms with Crippen LogP contribution in [0.4, 0.5) is 0 Å². The van der Waals surface area contributed by atoms with Crippen LogP contribution in [0.25, 0.3) is 0 Å². The summed E-state index contributed by atoms with van der Waals surface area (Å²) < 4.78 is 2.70. The molecule has 0 heterocycles. The average molecular weight is 323 g/mol. The van der Waals surface area contributed by atoms with Crippen molar-refractivity contribution in [2.45, 2.75) is 0 Å². The Kier molecular flexibility index (Phi) is 5.38. The second-order valence-corrected chi connectivity index (χ2v) is 7.02. The Bertz CT molecular complexity index is 745. The second kappa shape index (κ2) is 7.73. The Morgan fingerprint density at radius 3 is 1.33 bits per heavy atom. The molecule has 0 fully saturated rings. The molecular weight excluding hydrogens is 313 g/mol. The van der Waals surface area contributed by atoms with E-state index in [-0.39, 0.29) is 15.4 Å². The van der Waals surface area contributed by atoms with E-state index < -0.39 is 0 Å². The van der Waals surface area contributed by atoms with Gasteiger partial charge in [-0.15, -0.1) is 0 Å². The minimum absolute atomic E-state index is 0.347. The molecule has 2 aromatic rings. The van der Waals surface area contributed by atoms with Gasteiger partial charge < -0.3 is 0 Å². The maximum atomic E-state index is 5.11. The van der Waals surface area contributed by atoms with E-state index in [4.69, 9.17) is 12.8 Å². The van der Waals surface area contributed by atoms with Gasteiger partial charge in [-0.1, -0.05) is 0 Å². The zero-order valence-electron chi connectivity index (χ0n) is 11.3. The van der Waals surface area contributed by atoms with E-state index in [9.17, 15) is 0 Å². The number of terminal acetylenes is 2. The van der Waals surface area contributed by atoms with Gasteiger partial charge in [0.1, 0.15) is 0 Å². The molecule has 0 atom stereocenters. The molecule has 0 aliphatic carbocycles. The van der Waals surface area contributed by atoms with E-state index in [1.807, 2.05) is 24.3 Å². The summed E-state index contributed by atoms with van der Waals surface area (Å²) in [6, 6.07) is 16.5. The molecule has 21 heavy (non-hydrogen) atoms. The molecule has 0 spiro atoms. The van der Waals surface area contributed by atoms with Gasteiger partial charge in [-0.25, -0.2) is 0 Å². The van der Waals surface area contributed by atoms with Crippen molar-refractivity contribution in [1.82, 2.24) is 0 Å². The zero-order valence-corrected chi connectivity index (χ0v) is 13.4. The van der Waals surface area contributed by atoms with Gasteiger partial charge in [0.05, 0.1) is 0 Å². The van der Waals surface area contributed by atoms with Crippen LogP contribution in [0.3, 0.4) is 0 Å². The molecule has 0 aliphatic heterocycles. The molecule has 0 amide bonds. The standard InChI is InChI=1S/C20H10Ge/c1-3-5-7-17-9-13-19(14-10-17)21-20-15-11-18(12-16-20)8-6-4-2/h1-2,9-16H. The number of rotatable bonds is 2. The van der Waals surface area contributed by atoms with Crippen LogP contribution in [0.2, 0.25) is 0 Å². The Balaban J connectivity index is 2.08. The fourth-order valence-corrected chi connectivity index (χ4v) is 3.76. The van der Waals surface area contributed by atoms with E-state index in [0.717, 1.165) is 11.1 Å². The third kappa shape index (κ3) is 4.67. The SMILES string of the molecule is C#CC#Cc1cc[c]([Ge][c]2ccc(C#CC#C)cc2)cc1. The first-order valence-corrected chi connectivity index (χ1v) is 8.32. The Morgan fingerprint density at radius 1 is 0.619 bits per heavy atom. The molecule has 2 radical (unpaired) electrons. The molecule has 0 N–H and O–H groups in total. The van der Waals surface area contributed by atoms with Crippen molar-refractivity contribution in [1.29, 1.82) is 0 Å². The van der Waals surface area contributed by atoms with Gasteiger partial charge in [0.2, 0.25) is 0 Å². The molecule has 94 valence electrons. The van der Waals surface area contributed by atoms with Crippen molar-refractivity contribution in [2.24, 2.45) is 0 Å². The van der Waals surface area contributed by atoms with Gasteiger partial charge in [-0.05, 0) is 0 Å². The first-order valence-electron chi connectivity index (χ1n) is 6.22. The Hall–Kier alpha value is -2.78. The fraction of sp³-hybridized carbons (Fsp3) is 0. The van der Waals surface area contributed by atoms with Gasteiger partial charge in [0.15, 0.2) is 0 Å². The molecular formula is C20H10Ge. The topological polar surface area (TPSA) is 0 Å². The molecule has 0 nitrogen and oxygen atoms in total. The first kappa shape index (κ1) is 14.6. The average Bonchev–Trinajstić information content (AvgIpc) is 2.53. The van der Waals surface area contributed by atoms with Crippen LogP contribution in [0.1, 0.15) is 11.1 Å². The summed E-state index contributed by atoms with van der Waals surface area (Å²) in [6.45, 7) is 0. The van der Waals surface area contributed by atoms with Crippen LogP contribution in [-0.4, -0.2) is 15.4 Å². The summed E-state index contributed by atoms with van der Waals surface area (Å²) in [6.07, 6.45) is 10.2. The van der Waals surface area contributed by atoms with Crippen LogP contribution in [0.15, 0.2) is 48.5 Å². The molecule has 0 bridgehead atoms. The van der Waals surface area contributed by atoms with Gasteiger partial charge in [-0.3, -0.25) is 0 Å². The summed E-state index contributed by atoms with van der Waals surface area (Å²) in [5.74, 6) is 15.7. The van der Waals surface area contributed by atoms with Crippen LogP contribution in [0, 0.1) is 48.4 Å². The third-order valence-electron chi connectivity index (χ3n) is 2.62. The van der Waals surface area contributed by atoms with E-state index in [0.29, 0.717) is 0 Å². The quantitative estimate of drug-likeness (QED) is 0.578. The predicted octanol–water partition coefficient (Wildman–Crippen LogP) is 1.31. The van der Waals surface area contributed by atoms with Crippen LogP contribution in [0.5, 0.6) is 0 Å². The first-order chi connectivity index (χ1) is 10.3. The van der Waals surface area contributed by atoms with Crippen LogP contribution in [-0.2, 0) is 0 Å². The van der Waals surface area contributed by atoms with Gasteiger partial charge >= 0.3 is 132 Å². The summed E-state index contributed by atoms with van der Waals surface area (Å²) in [4.78, 5) is 0. The van der Waals surface area contributed by atoms with Crippen molar-refractivity contribution < 1.29 is 0 Å². The molecule has 1 heteroatoms. The molecule has 0 saturated heterocycles. The molecule has 0 aliphatic rings. The van der Waals surface area contributed by atoms with Crippen molar-refractivity contribution in [3.63, 3.8) is 0 Å². The van der Waals surface area contributed by atoms with Gasteiger partial charge in [-0.2, -0.15) is 0 Å². The van der Waals surface area contributed by atoms with Crippen molar-refractivity contribution in [3.05, 3.63) is 59.7 Å². The van der Waals surface area contributed by atoms with E-state index in [2.05, 4.69) is 59.8 Å². The van der Waals surface area contributed by atoms with Crippen LogP contribution >= 0.6 is 0 Å². The van der Waals surface area contributed by atoms with E-state index >= 15 is 0 Å². The van der Waals surface area contributed by atoms with Gasteiger partial charge in [0, 0.05) is 0 Å². The summed E-state index contributed by atoms with van der Waals surface area (Å²) in [7, 11) is 0. The Morgan fingerprint density at radius 2 is 1.00 bits per heavy atom. The number of benzene rings is 2. The monoisotopic (exact) mass is 324 g/mol. The summed E-state index contributed by atoms with van der Waals surface area (Å²) in [5.41, 5.74) is 1.89. The van der Waals surface area contributed by atoms with Crippen molar-refractivity contribution in [3.8, 4) is 48.4 Å². The minimum atomic E-state index is -0.347.